The highest BCUT2D eigenvalue weighted by atomic mass is 15.6. The largest absolute Gasteiger partial charge is 0.314 e. The maximum atomic E-state index is 4.24. The van der Waals surface area contributed by atoms with Gasteiger partial charge in [-0.25, -0.2) is 0 Å². The Balaban J connectivity index is 1.84. The van der Waals surface area contributed by atoms with Crippen LogP contribution in [0.3, 0.4) is 0 Å². The van der Waals surface area contributed by atoms with Crippen molar-refractivity contribution in [2.75, 3.05) is 6.54 Å². The molecule has 0 spiro atoms. The van der Waals surface area contributed by atoms with Crippen molar-refractivity contribution in [1.29, 1.82) is 0 Å². The van der Waals surface area contributed by atoms with Gasteiger partial charge in [-0.1, -0.05) is 19.8 Å². The molecule has 1 N–H and O–H groups in total. The van der Waals surface area contributed by atoms with Gasteiger partial charge < -0.3 is 5.32 Å². The summed E-state index contributed by atoms with van der Waals surface area (Å²) in [5.74, 6) is 1.72. The van der Waals surface area contributed by atoms with Crippen LogP contribution >= 0.6 is 0 Å². The van der Waals surface area contributed by atoms with Crippen LogP contribution in [0.5, 0.6) is 0 Å². The van der Waals surface area contributed by atoms with E-state index in [-0.39, 0.29) is 0 Å². The quantitative estimate of drug-likeness (QED) is 0.810. The van der Waals surface area contributed by atoms with Crippen molar-refractivity contribution in [2.24, 2.45) is 13.0 Å². The second kappa shape index (κ2) is 6.10. The van der Waals surface area contributed by atoms with E-state index in [4.69, 9.17) is 0 Å². The van der Waals surface area contributed by atoms with E-state index in [0.717, 1.165) is 31.1 Å². The molecular weight excluding hydrogens is 214 g/mol. The second-order valence-corrected chi connectivity index (χ2v) is 4.94. The topological polar surface area (TPSA) is 55.6 Å². The van der Waals surface area contributed by atoms with Crippen molar-refractivity contribution in [3.8, 4) is 0 Å². The van der Waals surface area contributed by atoms with Gasteiger partial charge in [0.2, 0.25) is 0 Å². The summed E-state index contributed by atoms with van der Waals surface area (Å²) in [6, 6.07) is 0.631. The van der Waals surface area contributed by atoms with Crippen LogP contribution in [-0.4, -0.2) is 32.8 Å². The van der Waals surface area contributed by atoms with E-state index < -0.39 is 0 Å². The Kier molecular flexibility index (Phi) is 4.48. The van der Waals surface area contributed by atoms with E-state index in [0.29, 0.717) is 6.04 Å². The van der Waals surface area contributed by atoms with Gasteiger partial charge in [-0.05, 0) is 36.9 Å². The van der Waals surface area contributed by atoms with Crippen molar-refractivity contribution in [3.63, 3.8) is 0 Å². The summed E-state index contributed by atoms with van der Waals surface area (Å²) in [4.78, 5) is 1.53. The molecular formula is C12H23N5. The lowest BCUT2D eigenvalue weighted by Crippen LogP contribution is -2.35. The Hall–Kier alpha value is -0.970. The van der Waals surface area contributed by atoms with Gasteiger partial charge in [0.15, 0.2) is 5.82 Å². The molecule has 1 atom stereocenters. The van der Waals surface area contributed by atoms with Crippen molar-refractivity contribution < 1.29 is 0 Å². The van der Waals surface area contributed by atoms with Gasteiger partial charge in [0, 0.05) is 12.5 Å². The summed E-state index contributed by atoms with van der Waals surface area (Å²) in [5.41, 5.74) is 0. The lowest BCUT2D eigenvalue weighted by Gasteiger charge is -2.23. The molecule has 1 saturated carbocycles. The molecule has 0 radical (unpaired) electrons. The lowest BCUT2D eigenvalue weighted by molar-refractivity contribution is 0.344. The average molecular weight is 237 g/mol. The van der Waals surface area contributed by atoms with Gasteiger partial charge in [-0.3, -0.25) is 0 Å². The third-order valence-electron chi connectivity index (χ3n) is 3.66. The minimum absolute atomic E-state index is 0.631. The molecule has 96 valence electrons. The van der Waals surface area contributed by atoms with E-state index in [1.54, 1.807) is 0 Å². The molecule has 0 saturated heterocycles. The van der Waals surface area contributed by atoms with E-state index >= 15 is 0 Å². The number of nitrogens with zero attached hydrogens (tertiary/aromatic N) is 4. The summed E-state index contributed by atoms with van der Waals surface area (Å²) in [6.45, 7) is 3.23. The van der Waals surface area contributed by atoms with Crippen LogP contribution in [0, 0.1) is 5.92 Å². The lowest BCUT2D eigenvalue weighted by atomic mass is 9.94. The SMILES string of the molecule is CCNC(CCc1nnn(C)n1)C1CCCC1. The van der Waals surface area contributed by atoms with Crippen molar-refractivity contribution in [3.05, 3.63) is 5.82 Å². The highest BCUT2D eigenvalue weighted by molar-refractivity contribution is 4.85. The summed E-state index contributed by atoms with van der Waals surface area (Å²) in [6.07, 6.45) is 7.62. The zero-order chi connectivity index (χ0) is 12.1. The fraction of sp³-hybridized carbons (Fsp3) is 0.917. The molecule has 0 amide bonds. The average Bonchev–Trinajstić information content (AvgIpc) is 2.95. The molecule has 1 heterocycles. The second-order valence-electron chi connectivity index (χ2n) is 4.94. The summed E-state index contributed by atoms with van der Waals surface area (Å²) >= 11 is 0. The fourth-order valence-corrected chi connectivity index (χ4v) is 2.83. The minimum atomic E-state index is 0.631. The maximum Gasteiger partial charge on any atom is 0.174 e. The molecule has 5 heteroatoms. The van der Waals surface area contributed by atoms with Crippen molar-refractivity contribution in [2.45, 2.75) is 51.5 Å². The van der Waals surface area contributed by atoms with Crippen molar-refractivity contribution >= 4 is 0 Å². The molecule has 17 heavy (non-hydrogen) atoms. The molecule has 1 aromatic rings. The molecule has 0 aliphatic heterocycles. The first kappa shape index (κ1) is 12.5. The summed E-state index contributed by atoms with van der Waals surface area (Å²) in [7, 11) is 1.81. The molecule has 2 rings (SSSR count). The molecule has 0 bridgehead atoms. The normalized spacial score (nSPS) is 18.7. The highest BCUT2D eigenvalue weighted by Gasteiger charge is 2.24. The smallest absolute Gasteiger partial charge is 0.174 e. The van der Waals surface area contributed by atoms with E-state index in [2.05, 4.69) is 27.7 Å². The first-order chi connectivity index (χ1) is 8.29. The number of aromatic nitrogens is 4. The van der Waals surface area contributed by atoms with Crippen LogP contribution < -0.4 is 5.32 Å². The Morgan fingerprint density at radius 2 is 2.18 bits per heavy atom. The number of hydrogen-bond acceptors (Lipinski definition) is 4. The van der Waals surface area contributed by atoms with Crippen LogP contribution in [0.1, 0.15) is 44.9 Å². The molecule has 1 unspecified atom stereocenters. The third kappa shape index (κ3) is 3.49. The van der Waals surface area contributed by atoms with Crippen LogP contribution in [-0.2, 0) is 13.5 Å². The van der Waals surface area contributed by atoms with Gasteiger partial charge >= 0.3 is 0 Å². The first-order valence-electron chi connectivity index (χ1n) is 6.76. The standard InChI is InChI=1S/C12H23N5/c1-3-13-11(10-6-4-5-7-10)8-9-12-14-16-17(2)15-12/h10-11,13H,3-9H2,1-2H3. The van der Waals surface area contributed by atoms with Crippen LogP contribution in [0.15, 0.2) is 0 Å². The highest BCUT2D eigenvalue weighted by Crippen LogP contribution is 2.29. The molecule has 5 nitrogen and oxygen atoms in total. The van der Waals surface area contributed by atoms with Gasteiger partial charge in [-0.2, -0.15) is 4.80 Å². The Bertz CT molecular complexity index is 329. The number of rotatable bonds is 6. The molecule has 1 aromatic heterocycles. The number of tetrazole rings is 1. The summed E-state index contributed by atoms with van der Waals surface area (Å²) in [5, 5.41) is 15.8. The predicted molar refractivity (Wildman–Crippen MR) is 66.5 cm³/mol. The van der Waals surface area contributed by atoms with Gasteiger partial charge in [0.05, 0.1) is 7.05 Å². The molecule has 1 aliphatic rings. The summed E-state index contributed by atoms with van der Waals surface area (Å²) < 4.78 is 0. The first-order valence-corrected chi connectivity index (χ1v) is 6.76. The molecule has 1 aliphatic carbocycles. The zero-order valence-electron chi connectivity index (χ0n) is 10.9. The Labute approximate surface area is 103 Å². The van der Waals surface area contributed by atoms with Crippen LogP contribution in [0.2, 0.25) is 0 Å². The van der Waals surface area contributed by atoms with Crippen LogP contribution in [0.25, 0.3) is 0 Å². The van der Waals surface area contributed by atoms with E-state index in [1.807, 2.05) is 7.05 Å². The number of nitrogens with one attached hydrogen (secondary N) is 1. The minimum Gasteiger partial charge on any atom is -0.314 e. The maximum absolute atomic E-state index is 4.24. The molecule has 1 fully saturated rings. The Morgan fingerprint density at radius 1 is 1.41 bits per heavy atom. The number of hydrogen-bond donors (Lipinski definition) is 1. The monoisotopic (exact) mass is 237 g/mol. The van der Waals surface area contributed by atoms with Gasteiger partial charge in [0.1, 0.15) is 0 Å². The van der Waals surface area contributed by atoms with Gasteiger partial charge in [0.25, 0.3) is 0 Å². The van der Waals surface area contributed by atoms with E-state index in [9.17, 15) is 0 Å². The third-order valence-corrected chi connectivity index (χ3v) is 3.66. The predicted octanol–water partition coefficient (Wildman–Crippen LogP) is 1.31. The van der Waals surface area contributed by atoms with Crippen molar-refractivity contribution in [1.82, 2.24) is 25.5 Å². The van der Waals surface area contributed by atoms with Crippen LogP contribution in [0.4, 0.5) is 0 Å². The molecule has 0 aromatic carbocycles. The van der Waals surface area contributed by atoms with E-state index in [1.165, 1.54) is 30.5 Å². The number of aryl methyl sites for hydroxylation is 2. The Morgan fingerprint density at radius 3 is 2.76 bits per heavy atom. The zero-order valence-corrected chi connectivity index (χ0v) is 10.9. The fourth-order valence-electron chi connectivity index (χ4n) is 2.83. The van der Waals surface area contributed by atoms with Gasteiger partial charge in [-0.15, -0.1) is 10.2 Å².